The van der Waals surface area contributed by atoms with Gasteiger partial charge in [-0.05, 0) is 24.6 Å². The summed E-state index contributed by atoms with van der Waals surface area (Å²) >= 11 is 0. The van der Waals surface area contributed by atoms with E-state index in [-0.39, 0.29) is 29.2 Å². The zero-order valence-corrected chi connectivity index (χ0v) is 12.1. The van der Waals surface area contributed by atoms with Gasteiger partial charge in [0.2, 0.25) is 0 Å². The fourth-order valence-corrected chi connectivity index (χ4v) is 3.78. The van der Waals surface area contributed by atoms with Crippen LogP contribution in [0, 0.1) is 19.3 Å². The van der Waals surface area contributed by atoms with Crippen molar-refractivity contribution in [3.63, 3.8) is 0 Å². The van der Waals surface area contributed by atoms with E-state index in [4.69, 9.17) is 16.4 Å². The molecular weight excluding hydrogens is 294 g/mol. The standard InChI is InChI=1S/C14H13NO5S/c1-3-7-20-15-11-6-8-21(18,19)12-5-4-10(14(16)17)9(2)13(11)12/h1,4-5H,6-8H2,2H3,(H,16,17)/b15-11+. The smallest absolute Gasteiger partial charge is 0.335 e. The number of sulfone groups is 1. The second kappa shape index (κ2) is 5.58. The van der Waals surface area contributed by atoms with Crippen LogP contribution in [0.25, 0.3) is 0 Å². The largest absolute Gasteiger partial charge is 0.478 e. The Hall–Kier alpha value is -2.33. The molecule has 1 aromatic rings. The van der Waals surface area contributed by atoms with Crippen LogP contribution in [0.15, 0.2) is 22.2 Å². The van der Waals surface area contributed by atoms with Crippen molar-refractivity contribution in [3.05, 3.63) is 28.8 Å². The maximum absolute atomic E-state index is 12.1. The van der Waals surface area contributed by atoms with Crippen LogP contribution in [-0.4, -0.2) is 37.6 Å². The molecule has 0 unspecified atom stereocenters. The minimum Gasteiger partial charge on any atom is -0.478 e. The van der Waals surface area contributed by atoms with E-state index in [1.54, 1.807) is 6.92 Å². The highest BCUT2D eigenvalue weighted by atomic mass is 32.2. The lowest BCUT2D eigenvalue weighted by molar-refractivity contribution is 0.0696. The van der Waals surface area contributed by atoms with E-state index in [1.807, 2.05) is 0 Å². The molecule has 0 fully saturated rings. The van der Waals surface area contributed by atoms with Crippen LogP contribution in [0.4, 0.5) is 0 Å². The maximum atomic E-state index is 12.1. The van der Waals surface area contributed by atoms with Crippen molar-refractivity contribution >= 4 is 21.5 Å². The molecule has 21 heavy (non-hydrogen) atoms. The van der Waals surface area contributed by atoms with Gasteiger partial charge in [0.1, 0.15) is 0 Å². The molecule has 0 amide bonds. The zero-order valence-electron chi connectivity index (χ0n) is 11.3. The number of terminal acetylenes is 1. The Bertz CT molecular complexity index is 771. The van der Waals surface area contributed by atoms with Crippen molar-refractivity contribution in [2.45, 2.75) is 18.2 Å². The second-order valence-electron chi connectivity index (χ2n) is 4.50. The summed E-state index contributed by atoms with van der Waals surface area (Å²) < 4.78 is 24.2. The highest BCUT2D eigenvalue weighted by Gasteiger charge is 2.31. The van der Waals surface area contributed by atoms with Gasteiger partial charge in [0.15, 0.2) is 16.4 Å². The molecule has 0 bridgehead atoms. The molecule has 110 valence electrons. The number of aromatic carboxylic acids is 1. The minimum atomic E-state index is -3.44. The summed E-state index contributed by atoms with van der Waals surface area (Å²) in [6, 6.07) is 2.59. The lowest BCUT2D eigenvalue weighted by Crippen LogP contribution is -2.24. The van der Waals surface area contributed by atoms with Gasteiger partial charge in [-0.2, -0.15) is 0 Å². The molecular formula is C14H13NO5S. The summed E-state index contributed by atoms with van der Waals surface area (Å²) in [6.45, 7) is 1.52. The highest BCUT2D eigenvalue weighted by molar-refractivity contribution is 7.91. The van der Waals surface area contributed by atoms with Crippen molar-refractivity contribution in [3.8, 4) is 12.3 Å². The Kier molecular flexibility index (Phi) is 4.00. The first-order valence-electron chi connectivity index (χ1n) is 6.11. The molecule has 1 aliphatic rings. The lowest BCUT2D eigenvalue weighted by atomic mass is 9.97. The lowest BCUT2D eigenvalue weighted by Gasteiger charge is -2.20. The molecule has 0 atom stereocenters. The summed E-state index contributed by atoms with van der Waals surface area (Å²) in [4.78, 5) is 16.2. The fourth-order valence-electron chi connectivity index (χ4n) is 2.24. The predicted octanol–water partition coefficient (Wildman–Crippen LogP) is 1.22. The van der Waals surface area contributed by atoms with Crippen LogP contribution in [0.5, 0.6) is 0 Å². The average molecular weight is 307 g/mol. The first-order chi connectivity index (χ1) is 9.88. The Labute approximate surface area is 122 Å². The Morgan fingerprint density at radius 3 is 2.86 bits per heavy atom. The number of carboxylic acid groups (broad SMARTS) is 1. The van der Waals surface area contributed by atoms with Gasteiger partial charge in [0.05, 0.1) is 21.9 Å². The minimum absolute atomic E-state index is 0.0375. The molecule has 1 aromatic carbocycles. The number of fused-ring (bicyclic) bond motifs is 1. The predicted molar refractivity (Wildman–Crippen MR) is 76.1 cm³/mol. The van der Waals surface area contributed by atoms with Crippen molar-refractivity contribution in [1.29, 1.82) is 0 Å². The normalized spacial score (nSPS) is 17.8. The summed E-state index contributed by atoms with van der Waals surface area (Å²) in [5.74, 6) is 1.03. The molecule has 6 nitrogen and oxygen atoms in total. The van der Waals surface area contributed by atoms with Crippen molar-refractivity contribution in [2.24, 2.45) is 5.16 Å². The van der Waals surface area contributed by atoms with Crippen LogP contribution >= 0.6 is 0 Å². The molecule has 0 saturated heterocycles. The van der Waals surface area contributed by atoms with Gasteiger partial charge in [-0.1, -0.05) is 11.1 Å². The van der Waals surface area contributed by atoms with E-state index in [0.29, 0.717) is 16.8 Å². The maximum Gasteiger partial charge on any atom is 0.335 e. The molecule has 1 heterocycles. The molecule has 2 rings (SSSR count). The first-order valence-corrected chi connectivity index (χ1v) is 7.76. The molecule has 0 saturated carbocycles. The van der Waals surface area contributed by atoms with Gasteiger partial charge in [-0.3, -0.25) is 0 Å². The number of nitrogens with zero attached hydrogens (tertiary/aromatic N) is 1. The van der Waals surface area contributed by atoms with Crippen molar-refractivity contribution in [1.82, 2.24) is 0 Å². The Morgan fingerprint density at radius 2 is 2.24 bits per heavy atom. The van der Waals surface area contributed by atoms with Gasteiger partial charge < -0.3 is 9.94 Å². The molecule has 7 heteroatoms. The number of carboxylic acids is 1. The van der Waals surface area contributed by atoms with Crippen LogP contribution in [0.3, 0.4) is 0 Å². The number of carbonyl (C=O) groups is 1. The topological polar surface area (TPSA) is 93.0 Å². The number of benzene rings is 1. The van der Waals surface area contributed by atoms with E-state index >= 15 is 0 Å². The van der Waals surface area contributed by atoms with Gasteiger partial charge in [0.25, 0.3) is 0 Å². The highest BCUT2D eigenvalue weighted by Crippen LogP contribution is 2.30. The van der Waals surface area contributed by atoms with Crippen LogP contribution in [0.2, 0.25) is 0 Å². The Morgan fingerprint density at radius 1 is 1.52 bits per heavy atom. The van der Waals surface area contributed by atoms with Crippen LogP contribution in [0.1, 0.15) is 27.9 Å². The number of oxime groups is 1. The third kappa shape index (κ3) is 2.76. The third-order valence-corrected chi connectivity index (χ3v) is 4.96. The third-order valence-electron chi connectivity index (χ3n) is 3.21. The van der Waals surface area contributed by atoms with Gasteiger partial charge in [0, 0.05) is 12.0 Å². The van der Waals surface area contributed by atoms with Crippen LogP contribution < -0.4 is 0 Å². The molecule has 1 aliphatic heterocycles. The monoisotopic (exact) mass is 307 g/mol. The van der Waals surface area contributed by atoms with E-state index in [9.17, 15) is 13.2 Å². The van der Waals surface area contributed by atoms with E-state index in [2.05, 4.69) is 11.1 Å². The molecule has 0 aromatic heterocycles. The fraction of sp³-hybridized carbons (Fsp3) is 0.286. The number of rotatable bonds is 3. The zero-order chi connectivity index (χ0) is 15.6. The first kappa shape index (κ1) is 15.1. The summed E-state index contributed by atoms with van der Waals surface area (Å²) in [5.41, 5.74) is 1.09. The number of hydrogen-bond acceptors (Lipinski definition) is 5. The van der Waals surface area contributed by atoms with Crippen molar-refractivity contribution in [2.75, 3.05) is 12.4 Å². The van der Waals surface area contributed by atoms with Gasteiger partial charge in [-0.15, -0.1) is 6.42 Å². The SMILES string of the molecule is C#CCO/N=C1\CCS(=O)(=O)c2ccc(C(=O)O)c(C)c21. The summed E-state index contributed by atoms with van der Waals surface area (Å²) in [6.07, 6.45) is 5.21. The van der Waals surface area contributed by atoms with E-state index in [1.165, 1.54) is 12.1 Å². The number of hydrogen-bond donors (Lipinski definition) is 1. The van der Waals surface area contributed by atoms with Gasteiger partial charge in [-0.25, -0.2) is 13.2 Å². The molecule has 0 radical (unpaired) electrons. The van der Waals surface area contributed by atoms with Crippen molar-refractivity contribution < 1.29 is 23.2 Å². The summed E-state index contributed by atoms with van der Waals surface area (Å²) in [5, 5.41) is 13.0. The molecule has 0 aliphatic carbocycles. The molecule has 1 N–H and O–H groups in total. The summed E-state index contributed by atoms with van der Waals surface area (Å²) in [7, 11) is -3.44. The molecule has 0 spiro atoms. The Balaban J connectivity index is 2.66. The van der Waals surface area contributed by atoms with E-state index < -0.39 is 15.8 Å². The quantitative estimate of drug-likeness (QED) is 0.515. The van der Waals surface area contributed by atoms with E-state index in [0.717, 1.165) is 0 Å². The van der Waals surface area contributed by atoms with Crippen LogP contribution in [-0.2, 0) is 14.7 Å². The van der Waals surface area contributed by atoms with Gasteiger partial charge >= 0.3 is 5.97 Å². The second-order valence-corrected chi connectivity index (χ2v) is 6.58. The average Bonchev–Trinajstić information content (AvgIpc) is 2.41.